The molecule has 4 heteroatoms. The molecule has 0 saturated heterocycles. The van der Waals surface area contributed by atoms with E-state index in [9.17, 15) is 20.4 Å². The van der Waals surface area contributed by atoms with Crippen molar-refractivity contribution in [2.24, 2.45) is 64.1 Å². The lowest BCUT2D eigenvalue weighted by Crippen LogP contribution is -2.68. The normalized spacial score (nSPS) is 53.1. The Balaban J connectivity index is 1.65. The molecule has 34 heavy (non-hydrogen) atoms. The van der Waals surface area contributed by atoms with Crippen LogP contribution < -0.4 is 0 Å². The first-order chi connectivity index (χ1) is 15.7. The second-order valence-corrected chi connectivity index (χ2v) is 13.9. The summed E-state index contributed by atoms with van der Waals surface area (Å²) >= 11 is 0. The van der Waals surface area contributed by atoms with Crippen molar-refractivity contribution in [3.8, 4) is 0 Å². The van der Waals surface area contributed by atoms with Crippen LogP contribution in [-0.4, -0.2) is 44.8 Å². The Labute approximate surface area is 208 Å². The molecule has 4 fully saturated rings. The number of allylic oxidation sites excluding steroid dienone is 2. The van der Waals surface area contributed by atoms with Gasteiger partial charge in [-0.15, -0.1) is 0 Å². The van der Waals surface area contributed by atoms with Crippen LogP contribution in [0.25, 0.3) is 0 Å². The fraction of sp³-hybridized carbons (Fsp3) is 0.933. The second-order valence-electron chi connectivity index (χ2n) is 13.9. The Morgan fingerprint density at radius 2 is 1.53 bits per heavy atom. The van der Waals surface area contributed by atoms with Gasteiger partial charge in [-0.1, -0.05) is 60.1 Å². The van der Waals surface area contributed by atoms with E-state index in [0.29, 0.717) is 42.4 Å². The van der Waals surface area contributed by atoms with Gasteiger partial charge in [0.15, 0.2) is 0 Å². The van der Waals surface area contributed by atoms with Gasteiger partial charge in [0.1, 0.15) is 0 Å². The number of hydrogen-bond acceptors (Lipinski definition) is 4. The van der Waals surface area contributed by atoms with E-state index in [1.165, 1.54) is 12.0 Å². The van der Waals surface area contributed by atoms with Gasteiger partial charge in [-0.05, 0) is 91.3 Å². The number of rotatable bonds is 4. The van der Waals surface area contributed by atoms with Crippen molar-refractivity contribution in [2.75, 3.05) is 0 Å². The van der Waals surface area contributed by atoms with Gasteiger partial charge in [0.05, 0.1) is 24.4 Å². The summed E-state index contributed by atoms with van der Waals surface area (Å²) in [7, 11) is 0. The first kappa shape index (κ1) is 26.6. The van der Waals surface area contributed by atoms with Crippen molar-refractivity contribution in [2.45, 2.75) is 112 Å². The number of fused-ring (bicyclic) bond motifs is 5. The van der Waals surface area contributed by atoms with Gasteiger partial charge in [0.2, 0.25) is 0 Å². The SMILES string of the molecule is C/C(=C\[C@@H](C)[C@H]1CCC2C3C[C@@H](O)C4[C@H](C)[C@@H](O)C[C@H](O)[C@]4(C)C3[C@H](O)C[C@@]21C)[C@H](C)C(C)C. The molecule has 4 nitrogen and oxygen atoms in total. The van der Waals surface area contributed by atoms with E-state index in [2.05, 4.69) is 54.5 Å². The fourth-order valence-corrected chi connectivity index (χ4v) is 10.0. The smallest absolute Gasteiger partial charge is 0.0625 e. The highest BCUT2D eigenvalue weighted by atomic mass is 16.3. The minimum atomic E-state index is -0.690. The lowest BCUT2D eigenvalue weighted by atomic mass is 9.41. The summed E-state index contributed by atoms with van der Waals surface area (Å²) in [6.07, 6.45) is 4.34. The van der Waals surface area contributed by atoms with Crippen LogP contribution in [0.4, 0.5) is 0 Å². The molecule has 196 valence electrons. The van der Waals surface area contributed by atoms with Crippen LogP contribution in [0.5, 0.6) is 0 Å². The van der Waals surface area contributed by atoms with Crippen molar-refractivity contribution >= 4 is 0 Å². The van der Waals surface area contributed by atoms with Crippen molar-refractivity contribution < 1.29 is 20.4 Å². The molecule has 0 aromatic heterocycles. The van der Waals surface area contributed by atoms with Crippen LogP contribution in [0.15, 0.2) is 11.6 Å². The molecular weight excluding hydrogens is 424 g/mol. The maximum absolute atomic E-state index is 11.7. The van der Waals surface area contributed by atoms with Crippen LogP contribution in [0.2, 0.25) is 0 Å². The standard InChI is InChI=1S/C30H52O4/c1-15(2)18(5)16(3)11-17(4)21-9-10-22-20-12-24(32)27-19(6)23(31)13-26(34)30(27,8)28(20)25(33)14-29(21,22)7/h11,15,17-28,31-34H,9-10,12-14H2,1-8H3/b16-11+/t17-,18-,19-,20?,21-,22?,23+,24-,25-,26+,27?,28?,29-,30+/m1/s1. The average molecular weight is 477 g/mol. The predicted molar refractivity (Wildman–Crippen MR) is 137 cm³/mol. The van der Waals surface area contributed by atoms with E-state index in [1.54, 1.807) is 0 Å². The zero-order valence-electron chi connectivity index (χ0n) is 22.9. The lowest BCUT2D eigenvalue weighted by molar-refractivity contribution is -0.256. The summed E-state index contributed by atoms with van der Waals surface area (Å²) in [6.45, 7) is 18.1. The Bertz CT molecular complexity index is 778. The fourth-order valence-electron chi connectivity index (χ4n) is 10.0. The van der Waals surface area contributed by atoms with E-state index >= 15 is 0 Å². The summed E-state index contributed by atoms with van der Waals surface area (Å²) in [5.74, 6) is 2.62. The summed E-state index contributed by atoms with van der Waals surface area (Å²) in [5, 5.41) is 45.0. The second kappa shape index (κ2) is 9.15. The molecular formula is C30H52O4. The molecule has 4 unspecified atom stereocenters. The first-order valence-electron chi connectivity index (χ1n) is 14.2. The Morgan fingerprint density at radius 1 is 0.882 bits per heavy atom. The third-order valence-electron chi connectivity index (χ3n) is 12.1. The zero-order chi connectivity index (χ0) is 25.3. The number of hydrogen-bond donors (Lipinski definition) is 4. The van der Waals surface area contributed by atoms with Gasteiger partial charge in [-0.3, -0.25) is 0 Å². The van der Waals surface area contributed by atoms with Gasteiger partial charge in [0, 0.05) is 11.8 Å². The van der Waals surface area contributed by atoms with E-state index in [4.69, 9.17) is 0 Å². The molecule has 4 saturated carbocycles. The highest BCUT2D eigenvalue weighted by Crippen LogP contribution is 2.68. The molecule has 0 heterocycles. The minimum absolute atomic E-state index is 0.0174. The van der Waals surface area contributed by atoms with Crippen LogP contribution >= 0.6 is 0 Å². The van der Waals surface area contributed by atoms with Gasteiger partial charge in [-0.2, -0.15) is 0 Å². The first-order valence-corrected chi connectivity index (χ1v) is 14.2. The molecule has 14 atom stereocenters. The molecule has 0 radical (unpaired) electrons. The molecule has 0 aromatic carbocycles. The molecule has 0 aliphatic heterocycles. The summed E-state index contributed by atoms with van der Waals surface area (Å²) in [4.78, 5) is 0. The quantitative estimate of drug-likeness (QED) is 0.429. The van der Waals surface area contributed by atoms with Gasteiger partial charge in [-0.25, -0.2) is 0 Å². The van der Waals surface area contributed by atoms with Gasteiger partial charge < -0.3 is 20.4 Å². The Morgan fingerprint density at radius 3 is 2.15 bits per heavy atom. The minimum Gasteiger partial charge on any atom is -0.393 e. The van der Waals surface area contributed by atoms with Crippen molar-refractivity contribution in [3.63, 3.8) is 0 Å². The van der Waals surface area contributed by atoms with Crippen molar-refractivity contribution in [1.82, 2.24) is 0 Å². The lowest BCUT2D eigenvalue weighted by Gasteiger charge is -2.66. The summed E-state index contributed by atoms with van der Waals surface area (Å²) in [5.41, 5.74) is 0.963. The monoisotopic (exact) mass is 476 g/mol. The zero-order valence-corrected chi connectivity index (χ0v) is 22.9. The largest absolute Gasteiger partial charge is 0.393 e. The molecule has 4 N–H and O–H groups in total. The van der Waals surface area contributed by atoms with Crippen LogP contribution in [0, 0.1) is 64.1 Å². The number of aliphatic hydroxyl groups excluding tert-OH is 4. The molecule has 0 aromatic rings. The van der Waals surface area contributed by atoms with Gasteiger partial charge in [0.25, 0.3) is 0 Å². The maximum Gasteiger partial charge on any atom is 0.0625 e. The predicted octanol–water partition coefficient (Wildman–Crippen LogP) is 5.04. The van der Waals surface area contributed by atoms with E-state index in [-0.39, 0.29) is 29.1 Å². The molecule has 4 aliphatic carbocycles. The van der Waals surface area contributed by atoms with Crippen molar-refractivity contribution in [1.29, 1.82) is 0 Å². The molecule has 0 spiro atoms. The molecule has 0 amide bonds. The maximum atomic E-state index is 11.7. The van der Waals surface area contributed by atoms with Crippen LogP contribution in [0.1, 0.15) is 87.5 Å². The average Bonchev–Trinajstić information content (AvgIpc) is 3.08. The van der Waals surface area contributed by atoms with Crippen molar-refractivity contribution in [3.05, 3.63) is 11.6 Å². The Hall–Kier alpha value is -0.420. The third kappa shape index (κ3) is 3.85. The van der Waals surface area contributed by atoms with E-state index in [0.717, 1.165) is 12.8 Å². The molecule has 0 bridgehead atoms. The van der Waals surface area contributed by atoms with Crippen LogP contribution in [0.3, 0.4) is 0 Å². The van der Waals surface area contributed by atoms with E-state index in [1.807, 2.05) is 6.92 Å². The molecule has 4 rings (SSSR count). The molecule has 4 aliphatic rings. The summed E-state index contributed by atoms with van der Waals surface area (Å²) in [6, 6.07) is 0. The summed E-state index contributed by atoms with van der Waals surface area (Å²) < 4.78 is 0. The topological polar surface area (TPSA) is 80.9 Å². The Kier molecular flexibility index (Phi) is 7.17. The third-order valence-corrected chi connectivity index (χ3v) is 12.1. The van der Waals surface area contributed by atoms with Gasteiger partial charge >= 0.3 is 0 Å². The van der Waals surface area contributed by atoms with Crippen LogP contribution in [-0.2, 0) is 0 Å². The van der Waals surface area contributed by atoms with E-state index < -0.39 is 29.8 Å². The highest BCUT2D eigenvalue weighted by Gasteiger charge is 2.68. The highest BCUT2D eigenvalue weighted by molar-refractivity contribution is 5.18. The number of aliphatic hydroxyl groups is 4.